The number of halogens is 6. The topological polar surface area (TPSA) is 9.23 Å². The molecule has 1 fully saturated rings. The molecule has 0 aromatic heterocycles. The molecular formula is C25H24F6O. The molecule has 0 bridgehead atoms. The Morgan fingerprint density at radius 2 is 1.62 bits per heavy atom. The number of hydrogen-bond acceptors (Lipinski definition) is 1. The van der Waals surface area contributed by atoms with Crippen molar-refractivity contribution in [2.45, 2.75) is 51.0 Å². The molecule has 2 aromatic rings. The van der Waals surface area contributed by atoms with Crippen molar-refractivity contribution in [2.75, 3.05) is 6.61 Å². The predicted octanol–water partition coefficient (Wildman–Crippen LogP) is 8.01. The van der Waals surface area contributed by atoms with Gasteiger partial charge in [-0.3, -0.25) is 0 Å². The zero-order chi connectivity index (χ0) is 23.4. The van der Waals surface area contributed by atoms with E-state index >= 15 is 0 Å². The van der Waals surface area contributed by atoms with Gasteiger partial charge in [0.15, 0.2) is 5.83 Å². The van der Waals surface area contributed by atoms with Crippen LogP contribution in [0.25, 0.3) is 5.83 Å². The number of allylic oxidation sites excluding steroid dienone is 2. The molecule has 0 spiro atoms. The maximum Gasteiger partial charge on any atom is 0.161 e. The first kappa shape index (κ1) is 24.1. The zero-order valence-electron chi connectivity index (χ0n) is 17.7. The highest BCUT2D eigenvalue weighted by atomic mass is 19.2. The van der Waals surface area contributed by atoms with Crippen molar-refractivity contribution >= 4 is 5.83 Å². The second-order valence-electron chi connectivity index (χ2n) is 7.81. The summed E-state index contributed by atoms with van der Waals surface area (Å²) in [5.41, 5.74) is -0.471. The smallest absolute Gasteiger partial charge is 0.161 e. The molecule has 1 aliphatic heterocycles. The van der Waals surface area contributed by atoms with Gasteiger partial charge < -0.3 is 4.74 Å². The molecule has 2 atom stereocenters. The third kappa shape index (κ3) is 5.09. The molecular weight excluding hydrogens is 430 g/mol. The van der Waals surface area contributed by atoms with E-state index in [1.54, 1.807) is 6.08 Å². The number of ether oxygens (including phenoxy) is 1. The van der Waals surface area contributed by atoms with Crippen LogP contribution in [-0.2, 0) is 11.2 Å². The van der Waals surface area contributed by atoms with Crippen molar-refractivity contribution in [3.8, 4) is 0 Å². The average Bonchev–Trinajstić information content (AvgIpc) is 2.77. The quantitative estimate of drug-likeness (QED) is 0.304. The van der Waals surface area contributed by atoms with E-state index in [1.807, 2.05) is 0 Å². The summed E-state index contributed by atoms with van der Waals surface area (Å²) in [7, 11) is 0. The van der Waals surface area contributed by atoms with Crippen LogP contribution in [0.3, 0.4) is 0 Å². The van der Waals surface area contributed by atoms with Crippen LogP contribution < -0.4 is 0 Å². The number of rotatable bonds is 7. The van der Waals surface area contributed by atoms with Crippen LogP contribution in [-0.4, -0.2) is 6.61 Å². The van der Waals surface area contributed by atoms with E-state index < -0.39 is 52.5 Å². The van der Waals surface area contributed by atoms with Crippen LogP contribution in [0.5, 0.6) is 0 Å². The molecule has 172 valence electrons. The molecule has 1 saturated heterocycles. The Bertz CT molecular complexity index is 975. The fourth-order valence-electron chi connectivity index (χ4n) is 3.95. The van der Waals surface area contributed by atoms with Gasteiger partial charge in [-0.25, -0.2) is 26.3 Å². The zero-order valence-corrected chi connectivity index (χ0v) is 17.7. The van der Waals surface area contributed by atoms with E-state index in [1.165, 1.54) is 19.1 Å². The first-order chi connectivity index (χ1) is 15.3. The van der Waals surface area contributed by atoms with Gasteiger partial charge in [0.25, 0.3) is 0 Å². The van der Waals surface area contributed by atoms with E-state index in [2.05, 4.69) is 6.58 Å². The molecule has 1 nitrogen and oxygen atoms in total. The summed E-state index contributed by atoms with van der Waals surface area (Å²) in [6.45, 7) is 4.84. The highest BCUT2D eigenvalue weighted by Crippen LogP contribution is 2.39. The highest BCUT2D eigenvalue weighted by Gasteiger charge is 2.30. The third-order valence-corrected chi connectivity index (χ3v) is 5.70. The lowest BCUT2D eigenvalue weighted by molar-refractivity contribution is 0.000702. The Kier molecular flexibility index (Phi) is 7.82. The Morgan fingerprint density at radius 3 is 2.12 bits per heavy atom. The lowest BCUT2D eigenvalue weighted by atomic mass is 9.88. The summed E-state index contributed by atoms with van der Waals surface area (Å²) in [4.78, 5) is 0. The van der Waals surface area contributed by atoms with Crippen molar-refractivity contribution in [3.05, 3.63) is 88.3 Å². The van der Waals surface area contributed by atoms with E-state index in [-0.39, 0.29) is 37.0 Å². The first-order valence-corrected chi connectivity index (χ1v) is 10.5. The normalized spacial score (nSPS) is 19.6. The van der Waals surface area contributed by atoms with E-state index in [9.17, 15) is 26.3 Å². The van der Waals surface area contributed by atoms with Crippen LogP contribution in [0.1, 0.15) is 66.9 Å². The van der Waals surface area contributed by atoms with Crippen molar-refractivity contribution in [3.63, 3.8) is 0 Å². The summed E-state index contributed by atoms with van der Waals surface area (Å²) in [6.07, 6.45) is 1.94. The lowest BCUT2D eigenvalue weighted by Crippen LogP contribution is -2.21. The molecule has 0 aliphatic carbocycles. The van der Waals surface area contributed by atoms with Crippen LogP contribution in [0, 0.1) is 23.3 Å². The van der Waals surface area contributed by atoms with Crippen LogP contribution in [0.4, 0.5) is 26.3 Å². The molecule has 7 heteroatoms. The molecule has 2 unspecified atom stereocenters. The van der Waals surface area contributed by atoms with Gasteiger partial charge in [-0.2, -0.15) is 0 Å². The summed E-state index contributed by atoms with van der Waals surface area (Å²) in [6, 6.07) is 3.98. The third-order valence-electron chi connectivity index (χ3n) is 5.70. The van der Waals surface area contributed by atoms with Gasteiger partial charge in [0, 0.05) is 22.6 Å². The predicted molar refractivity (Wildman–Crippen MR) is 111 cm³/mol. The van der Waals surface area contributed by atoms with Crippen molar-refractivity contribution in [1.29, 1.82) is 0 Å². The van der Waals surface area contributed by atoms with Gasteiger partial charge in [0.05, 0.1) is 12.7 Å². The van der Waals surface area contributed by atoms with Gasteiger partial charge in [-0.15, -0.1) is 6.58 Å². The Balaban J connectivity index is 1.76. The van der Waals surface area contributed by atoms with Crippen molar-refractivity contribution < 1.29 is 31.1 Å². The fraction of sp³-hybridized carbons (Fsp3) is 0.360. The van der Waals surface area contributed by atoms with Crippen LogP contribution in [0.2, 0.25) is 0 Å². The highest BCUT2D eigenvalue weighted by molar-refractivity contribution is 5.61. The van der Waals surface area contributed by atoms with E-state index in [4.69, 9.17) is 4.74 Å². The van der Waals surface area contributed by atoms with Crippen molar-refractivity contribution in [1.82, 2.24) is 0 Å². The minimum absolute atomic E-state index is 0.0210. The minimum atomic E-state index is -1.29. The van der Waals surface area contributed by atoms with Gasteiger partial charge in [0.1, 0.15) is 29.1 Å². The van der Waals surface area contributed by atoms with Gasteiger partial charge in [0.2, 0.25) is 0 Å². The lowest BCUT2D eigenvalue weighted by Gasteiger charge is -2.30. The van der Waals surface area contributed by atoms with Crippen LogP contribution >= 0.6 is 0 Å². The summed E-state index contributed by atoms with van der Waals surface area (Å²) >= 11 is 0. The average molecular weight is 454 g/mol. The van der Waals surface area contributed by atoms with E-state index in [0.29, 0.717) is 18.4 Å². The van der Waals surface area contributed by atoms with E-state index in [0.717, 1.165) is 12.1 Å². The second kappa shape index (κ2) is 10.4. The summed E-state index contributed by atoms with van der Waals surface area (Å²) in [5.74, 6) is -6.37. The maximum atomic E-state index is 14.6. The second-order valence-corrected chi connectivity index (χ2v) is 7.81. The molecule has 1 heterocycles. The minimum Gasteiger partial charge on any atom is -0.373 e. The molecule has 0 amide bonds. The number of hydrogen-bond donors (Lipinski definition) is 0. The molecule has 1 aliphatic rings. The molecule has 32 heavy (non-hydrogen) atoms. The molecule has 0 N–H and O–H groups in total. The largest absolute Gasteiger partial charge is 0.373 e. The molecule has 2 aromatic carbocycles. The Labute approximate surface area is 183 Å². The monoisotopic (exact) mass is 454 g/mol. The maximum absolute atomic E-state index is 14.6. The summed E-state index contributed by atoms with van der Waals surface area (Å²) < 4.78 is 90.9. The fourth-order valence-corrected chi connectivity index (χ4v) is 3.95. The number of benzene rings is 2. The summed E-state index contributed by atoms with van der Waals surface area (Å²) in [5, 5.41) is 0. The molecule has 0 saturated carbocycles. The standard InChI is InChI=1S/C25H24F6O/c1-3-5-6-17-19(27)9-15(10-20(17)28)23-8-7-14(13-32-23)24-21(29)11-16(12-22(24)30)25(31)18(26)4-2/h3,9-12,14,23H,1,4-8,13H2,2H3/b25-18+. The first-order valence-electron chi connectivity index (χ1n) is 10.5. The SMILES string of the molecule is C=CCCc1c(F)cc(C2CCC(c3c(F)cc(/C(F)=C(\F)CC)cc3F)CO2)cc1F. The van der Waals surface area contributed by atoms with Gasteiger partial charge >= 0.3 is 0 Å². The molecule has 0 radical (unpaired) electrons. The van der Waals surface area contributed by atoms with Gasteiger partial charge in [-0.1, -0.05) is 13.0 Å². The van der Waals surface area contributed by atoms with Gasteiger partial charge in [-0.05, 0) is 61.9 Å². The van der Waals surface area contributed by atoms with Crippen LogP contribution in [0.15, 0.2) is 42.7 Å². The van der Waals surface area contributed by atoms with Crippen molar-refractivity contribution in [2.24, 2.45) is 0 Å². The Hall–Kier alpha value is -2.54. The molecule has 3 rings (SSSR count). The Morgan fingerprint density at radius 1 is 1.00 bits per heavy atom.